The maximum atomic E-state index is 12.6. The Bertz CT molecular complexity index is 899. The molecular formula is C33H62O12S. The van der Waals surface area contributed by atoms with Crippen LogP contribution in [0.1, 0.15) is 142 Å². The summed E-state index contributed by atoms with van der Waals surface area (Å²) in [5.74, 6) is -1.98. The van der Waals surface area contributed by atoms with E-state index in [4.69, 9.17) is 23.5 Å². The molecule has 13 heteroatoms. The molecule has 272 valence electrons. The number of rotatable bonds is 28. The van der Waals surface area contributed by atoms with Crippen LogP contribution < -0.4 is 0 Å². The van der Waals surface area contributed by atoms with Crippen LogP contribution in [0.4, 0.5) is 0 Å². The van der Waals surface area contributed by atoms with Gasteiger partial charge in [-0.1, -0.05) is 117 Å². The van der Waals surface area contributed by atoms with E-state index in [1.165, 1.54) is 51.4 Å². The van der Waals surface area contributed by atoms with Crippen LogP contribution in [-0.2, 0) is 38.7 Å². The second kappa shape index (κ2) is 25.6. The molecule has 1 aliphatic heterocycles. The van der Waals surface area contributed by atoms with E-state index >= 15 is 0 Å². The fourth-order valence-corrected chi connectivity index (χ4v) is 6.07. The minimum atomic E-state index is -4.58. The zero-order chi connectivity index (χ0) is 34.2. The number of carbonyl (C=O) groups is 2. The van der Waals surface area contributed by atoms with Gasteiger partial charge in [0.2, 0.25) is 0 Å². The van der Waals surface area contributed by atoms with Gasteiger partial charge >= 0.3 is 11.9 Å². The third-order valence-corrected chi connectivity index (χ3v) is 8.94. The van der Waals surface area contributed by atoms with Crippen LogP contribution in [0.15, 0.2) is 0 Å². The van der Waals surface area contributed by atoms with Gasteiger partial charge in [0.25, 0.3) is 10.1 Å². The molecule has 0 bridgehead atoms. The van der Waals surface area contributed by atoms with Crippen molar-refractivity contribution >= 4 is 22.1 Å². The molecule has 0 aliphatic carbocycles. The second-order valence-electron chi connectivity index (χ2n) is 12.5. The Morgan fingerprint density at radius 1 is 0.652 bits per heavy atom. The van der Waals surface area contributed by atoms with Gasteiger partial charge in [-0.15, -0.1) is 0 Å². The number of unbranched alkanes of at least 4 members (excludes halogenated alkanes) is 16. The van der Waals surface area contributed by atoms with E-state index < -0.39 is 71.2 Å². The Kier molecular flexibility index (Phi) is 23.8. The summed E-state index contributed by atoms with van der Waals surface area (Å²) in [6.07, 6.45) is 10.6. The highest BCUT2D eigenvalue weighted by Gasteiger charge is 2.46. The van der Waals surface area contributed by atoms with Crippen molar-refractivity contribution in [1.82, 2.24) is 0 Å². The lowest BCUT2D eigenvalue weighted by Gasteiger charge is -2.40. The average Bonchev–Trinajstić information content (AvgIpc) is 3.00. The van der Waals surface area contributed by atoms with Gasteiger partial charge < -0.3 is 34.3 Å². The zero-order valence-corrected chi connectivity index (χ0v) is 29.0. The molecule has 1 aliphatic rings. The molecule has 0 spiro atoms. The van der Waals surface area contributed by atoms with E-state index in [1.54, 1.807) is 0 Å². The van der Waals surface area contributed by atoms with E-state index in [9.17, 15) is 33.3 Å². The number of hydrogen-bond donors (Lipinski definition) is 4. The highest BCUT2D eigenvalue weighted by atomic mass is 32.2. The summed E-state index contributed by atoms with van der Waals surface area (Å²) in [7, 11) is -4.58. The standard InChI is InChI=1S/C33H62O12S/c1-3-5-7-9-11-12-13-14-16-17-19-21-28(34)42-23-26(44-29(35)22-20-18-15-10-8-6-4-2)24-43-33-32(38)31(37)30(36)27(45-33)25-46(39,40)41/h26-27,30-33,36-38H,3-25H2,1-2H3,(H,39,40,41)/t26-,27-,30-,31+,32-,33-/m1/s1. The summed E-state index contributed by atoms with van der Waals surface area (Å²) >= 11 is 0. The lowest BCUT2D eigenvalue weighted by Crippen LogP contribution is -2.60. The van der Waals surface area contributed by atoms with Gasteiger partial charge in [0, 0.05) is 12.8 Å². The minimum Gasteiger partial charge on any atom is -0.462 e. The highest BCUT2D eigenvalue weighted by Crippen LogP contribution is 2.24. The van der Waals surface area contributed by atoms with Crippen LogP contribution in [0, 0.1) is 0 Å². The minimum absolute atomic E-state index is 0.168. The lowest BCUT2D eigenvalue weighted by atomic mass is 10.00. The Morgan fingerprint density at radius 2 is 1.11 bits per heavy atom. The van der Waals surface area contributed by atoms with Gasteiger partial charge in [0.05, 0.1) is 6.61 Å². The van der Waals surface area contributed by atoms with Crippen molar-refractivity contribution in [2.45, 2.75) is 179 Å². The van der Waals surface area contributed by atoms with Gasteiger partial charge in [-0.25, -0.2) is 0 Å². The molecule has 0 unspecified atom stereocenters. The third kappa shape index (κ3) is 20.8. The zero-order valence-electron chi connectivity index (χ0n) is 28.2. The molecule has 1 heterocycles. The van der Waals surface area contributed by atoms with Crippen molar-refractivity contribution in [3.05, 3.63) is 0 Å². The van der Waals surface area contributed by atoms with E-state index in [0.717, 1.165) is 51.4 Å². The Morgan fingerprint density at radius 3 is 1.59 bits per heavy atom. The molecule has 0 amide bonds. The van der Waals surface area contributed by atoms with E-state index in [0.29, 0.717) is 12.8 Å². The third-order valence-electron chi connectivity index (χ3n) is 8.19. The van der Waals surface area contributed by atoms with Crippen molar-refractivity contribution in [2.75, 3.05) is 19.0 Å². The summed E-state index contributed by atoms with van der Waals surface area (Å²) in [5.41, 5.74) is 0. The summed E-state index contributed by atoms with van der Waals surface area (Å²) in [4.78, 5) is 25.0. The van der Waals surface area contributed by atoms with E-state index in [2.05, 4.69) is 13.8 Å². The topological polar surface area (TPSA) is 186 Å². The van der Waals surface area contributed by atoms with Crippen LogP contribution in [0.25, 0.3) is 0 Å². The first kappa shape index (κ1) is 42.7. The normalized spacial score (nSPS) is 22.4. The number of ether oxygens (including phenoxy) is 4. The first-order valence-corrected chi connectivity index (χ1v) is 19.2. The van der Waals surface area contributed by atoms with Crippen LogP contribution in [0.3, 0.4) is 0 Å². The maximum absolute atomic E-state index is 12.6. The molecule has 6 atom stereocenters. The highest BCUT2D eigenvalue weighted by molar-refractivity contribution is 7.85. The maximum Gasteiger partial charge on any atom is 0.306 e. The van der Waals surface area contributed by atoms with Gasteiger partial charge in [-0.3, -0.25) is 14.1 Å². The first-order valence-electron chi connectivity index (χ1n) is 17.6. The fraction of sp³-hybridized carbons (Fsp3) is 0.939. The van der Waals surface area contributed by atoms with Crippen LogP contribution in [0.2, 0.25) is 0 Å². The molecule has 46 heavy (non-hydrogen) atoms. The van der Waals surface area contributed by atoms with Crippen molar-refractivity contribution < 1.29 is 56.8 Å². The smallest absolute Gasteiger partial charge is 0.306 e. The molecule has 0 radical (unpaired) electrons. The molecule has 1 saturated heterocycles. The molecule has 4 N–H and O–H groups in total. The molecule has 0 aromatic carbocycles. The SMILES string of the molecule is CCCCCCCCCCCCCC(=O)OC[C@H](CO[C@@H]1O[C@H](CS(=O)(=O)O)[C@@H](O)[C@H](O)[C@H]1O)OC(=O)CCCCCCCCC. The van der Waals surface area contributed by atoms with Crippen molar-refractivity contribution in [1.29, 1.82) is 0 Å². The number of aliphatic hydroxyl groups excluding tert-OH is 3. The van der Waals surface area contributed by atoms with Gasteiger partial charge in [-0.2, -0.15) is 8.42 Å². The molecule has 1 fully saturated rings. The number of carbonyl (C=O) groups excluding carboxylic acids is 2. The van der Waals surface area contributed by atoms with Crippen LogP contribution in [-0.4, -0.2) is 96.0 Å². The number of esters is 2. The summed E-state index contributed by atoms with van der Waals surface area (Å²) in [6, 6.07) is 0. The van der Waals surface area contributed by atoms with E-state index in [1.807, 2.05) is 0 Å². The Labute approximate surface area is 276 Å². The Balaban J connectivity index is 2.55. The average molecular weight is 683 g/mol. The summed E-state index contributed by atoms with van der Waals surface area (Å²) in [5, 5.41) is 30.6. The predicted octanol–water partition coefficient (Wildman–Crippen LogP) is 5.00. The predicted molar refractivity (Wildman–Crippen MR) is 174 cm³/mol. The van der Waals surface area contributed by atoms with Gasteiger partial charge in [0.15, 0.2) is 12.4 Å². The first-order chi connectivity index (χ1) is 22.0. The van der Waals surface area contributed by atoms with Crippen molar-refractivity contribution in [3.8, 4) is 0 Å². The Hall–Kier alpha value is -1.35. The van der Waals surface area contributed by atoms with Crippen molar-refractivity contribution in [3.63, 3.8) is 0 Å². The van der Waals surface area contributed by atoms with Gasteiger partial charge in [0.1, 0.15) is 36.8 Å². The fourth-order valence-electron chi connectivity index (χ4n) is 5.38. The number of hydrogen-bond acceptors (Lipinski definition) is 11. The van der Waals surface area contributed by atoms with E-state index in [-0.39, 0.29) is 19.4 Å². The molecule has 0 aromatic rings. The molecule has 0 aromatic heterocycles. The summed E-state index contributed by atoms with van der Waals surface area (Å²) < 4.78 is 53.5. The summed E-state index contributed by atoms with van der Waals surface area (Å²) in [6.45, 7) is 3.65. The monoisotopic (exact) mass is 682 g/mol. The quantitative estimate of drug-likeness (QED) is 0.0493. The second-order valence-corrected chi connectivity index (χ2v) is 14.0. The van der Waals surface area contributed by atoms with Crippen LogP contribution >= 0.6 is 0 Å². The lowest BCUT2D eigenvalue weighted by molar-refractivity contribution is -0.297. The molecule has 12 nitrogen and oxygen atoms in total. The van der Waals surface area contributed by atoms with Gasteiger partial charge in [-0.05, 0) is 12.8 Å². The number of aliphatic hydroxyl groups is 3. The molecule has 1 rings (SSSR count). The van der Waals surface area contributed by atoms with Crippen LogP contribution in [0.5, 0.6) is 0 Å². The largest absolute Gasteiger partial charge is 0.462 e. The molecule has 0 saturated carbocycles. The van der Waals surface area contributed by atoms with Crippen molar-refractivity contribution in [2.24, 2.45) is 0 Å². The molecular weight excluding hydrogens is 620 g/mol.